The van der Waals surface area contributed by atoms with Crippen molar-refractivity contribution >= 4 is 17.6 Å². The minimum Gasteiger partial charge on any atom is -0.356 e. The Morgan fingerprint density at radius 2 is 2.00 bits per heavy atom. The van der Waals surface area contributed by atoms with Crippen LogP contribution in [0.5, 0.6) is 0 Å². The summed E-state index contributed by atoms with van der Waals surface area (Å²) in [6.45, 7) is 11.8. The molecule has 1 rings (SSSR count). The van der Waals surface area contributed by atoms with Crippen LogP contribution in [0.1, 0.15) is 39.0 Å². The molecule has 0 saturated heterocycles. The zero-order valence-electron chi connectivity index (χ0n) is 14.2. The quantitative estimate of drug-likeness (QED) is 0.875. The number of aryl methyl sites for hydroxylation is 2. The Morgan fingerprint density at radius 1 is 1.40 bits per heavy atom. The van der Waals surface area contributed by atoms with Crippen molar-refractivity contribution in [2.24, 2.45) is 7.05 Å². The summed E-state index contributed by atoms with van der Waals surface area (Å²) in [5.74, 6) is 2.34. The first-order chi connectivity index (χ1) is 9.17. The summed E-state index contributed by atoms with van der Waals surface area (Å²) in [4.78, 5) is 2.34. The number of aromatic nitrogens is 2. The van der Waals surface area contributed by atoms with E-state index in [4.69, 9.17) is 0 Å². The third kappa shape index (κ3) is 4.42. The fourth-order valence-electron chi connectivity index (χ4n) is 2.25. The fraction of sp³-hybridized carbons (Fsp3) is 0.800. The molecule has 1 N–H and O–H groups in total. The summed E-state index contributed by atoms with van der Waals surface area (Å²) in [6.07, 6.45) is 2.15. The van der Waals surface area contributed by atoms with Crippen LogP contribution in [0.3, 0.4) is 0 Å². The van der Waals surface area contributed by atoms with Gasteiger partial charge in [-0.3, -0.25) is 4.68 Å². The van der Waals surface area contributed by atoms with Crippen molar-refractivity contribution in [1.82, 2.24) is 15.1 Å². The SMILES string of the molecule is CSCC(C)N(C)c1c(CNC(C)(C)C)c(C)nn1C. The Morgan fingerprint density at radius 3 is 2.50 bits per heavy atom. The normalized spacial score (nSPS) is 13.6. The predicted molar refractivity (Wildman–Crippen MR) is 90.8 cm³/mol. The van der Waals surface area contributed by atoms with Gasteiger partial charge in [-0.1, -0.05) is 0 Å². The van der Waals surface area contributed by atoms with Crippen molar-refractivity contribution in [2.45, 2.75) is 52.7 Å². The maximum absolute atomic E-state index is 4.60. The van der Waals surface area contributed by atoms with Crippen LogP contribution in [-0.2, 0) is 13.6 Å². The van der Waals surface area contributed by atoms with Crippen LogP contribution in [0.15, 0.2) is 0 Å². The number of anilines is 1. The Bertz CT molecular complexity index is 434. The number of rotatable bonds is 6. The minimum absolute atomic E-state index is 0.114. The molecular weight excluding hydrogens is 268 g/mol. The van der Waals surface area contributed by atoms with Gasteiger partial charge in [0.25, 0.3) is 0 Å². The number of nitrogens with one attached hydrogen (secondary N) is 1. The van der Waals surface area contributed by atoms with E-state index >= 15 is 0 Å². The molecule has 0 aliphatic heterocycles. The summed E-state index contributed by atoms with van der Waals surface area (Å²) in [5.41, 5.74) is 2.53. The third-order valence-electron chi connectivity index (χ3n) is 3.51. The van der Waals surface area contributed by atoms with Gasteiger partial charge in [0.05, 0.1) is 5.69 Å². The molecular formula is C15H30N4S. The van der Waals surface area contributed by atoms with Gasteiger partial charge in [0.15, 0.2) is 0 Å². The van der Waals surface area contributed by atoms with Gasteiger partial charge in [-0.2, -0.15) is 16.9 Å². The minimum atomic E-state index is 0.114. The molecule has 1 aromatic heterocycles. The van der Waals surface area contributed by atoms with E-state index in [9.17, 15) is 0 Å². The van der Waals surface area contributed by atoms with Crippen LogP contribution >= 0.6 is 11.8 Å². The van der Waals surface area contributed by atoms with Crippen molar-refractivity contribution < 1.29 is 0 Å². The van der Waals surface area contributed by atoms with E-state index < -0.39 is 0 Å². The summed E-state index contributed by atoms with van der Waals surface area (Å²) in [5, 5.41) is 8.18. The maximum atomic E-state index is 4.60. The van der Waals surface area contributed by atoms with Gasteiger partial charge in [0.2, 0.25) is 0 Å². The standard InChI is InChI=1S/C15H30N4S/c1-11(10-20-8)18(6)14-13(9-16-15(3,4)5)12(2)17-19(14)7/h11,16H,9-10H2,1-8H3. The molecule has 116 valence electrons. The molecule has 0 aromatic carbocycles. The highest BCUT2D eigenvalue weighted by atomic mass is 32.2. The average molecular weight is 298 g/mol. The number of thioether (sulfide) groups is 1. The molecule has 4 nitrogen and oxygen atoms in total. The maximum Gasteiger partial charge on any atom is 0.131 e. The molecule has 5 heteroatoms. The van der Waals surface area contributed by atoms with Gasteiger partial charge in [0.1, 0.15) is 5.82 Å². The Kier molecular flexibility index (Phi) is 5.95. The molecule has 1 aromatic rings. The molecule has 1 unspecified atom stereocenters. The first-order valence-corrected chi connectivity index (χ1v) is 8.56. The molecule has 0 aliphatic carbocycles. The lowest BCUT2D eigenvalue weighted by molar-refractivity contribution is 0.423. The highest BCUT2D eigenvalue weighted by Gasteiger charge is 2.21. The van der Waals surface area contributed by atoms with Gasteiger partial charge < -0.3 is 10.2 Å². The van der Waals surface area contributed by atoms with Crippen LogP contribution in [0.4, 0.5) is 5.82 Å². The molecule has 1 atom stereocenters. The number of hydrogen-bond acceptors (Lipinski definition) is 4. The lowest BCUT2D eigenvalue weighted by Crippen LogP contribution is -2.37. The van der Waals surface area contributed by atoms with Gasteiger partial charge in [-0.25, -0.2) is 0 Å². The van der Waals surface area contributed by atoms with E-state index in [1.807, 2.05) is 23.5 Å². The molecule has 0 bridgehead atoms. The summed E-state index contributed by atoms with van der Waals surface area (Å²) < 4.78 is 2.01. The Hall–Kier alpha value is -0.680. The first-order valence-electron chi connectivity index (χ1n) is 7.16. The van der Waals surface area contributed by atoms with Crippen LogP contribution in [0, 0.1) is 6.92 Å². The largest absolute Gasteiger partial charge is 0.356 e. The van der Waals surface area contributed by atoms with Crippen molar-refractivity contribution in [3.63, 3.8) is 0 Å². The number of hydrogen-bond donors (Lipinski definition) is 1. The van der Waals surface area contributed by atoms with Gasteiger partial charge in [0, 0.05) is 43.5 Å². The summed E-state index contributed by atoms with van der Waals surface area (Å²) >= 11 is 1.88. The fourth-order valence-corrected chi connectivity index (χ4v) is 2.96. The molecule has 0 spiro atoms. The van der Waals surface area contributed by atoms with Crippen molar-refractivity contribution in [2.75, 3.05) is 24.0 Å². The van der Waals surface area contributed by atoms with E-state index in [0.717, 1.165) is 18.0 Å². The van der Waals surface area contributed by atoms with Crippen molar-refractivity contribution in [3.8, 4) is 0 Å². The van der Waals surface area contributed by atoms with Gasteiger partial charge in [-0.15, -0.1) is 0 Å². The van der Waals surface area contributed by atoms with Crippen molar-refractivity contribution in [1.29, 1.82) is 0 Å². The smallest absolute Gasteiger partial charge is 0.131 e. The third-order valence-corrected chi connectivity index (χ3v) is 4.33. The predicted octanol–water partition coefficient (Wildman–Crippen LogP) is 2.80. The van der Waals surface area contributed by atoms with Crippen LogP contribution < -0.4 is 10.2 Å². The van der Waals surface area contributed by atoms with E-state index in [1.54, 1.807) is 0 Å². The molecule has 0 fully saturated rings. The molecule has 0 radical (unpaired) electrons. The second-order valence-corrected chi connectivity index (χ2v) is 7.44. The highest BCUT2D eigenvalue weighted by molar-refractivity contribution is 7.98. The average Bonchev–Trinajstić information content (AvgIpc) is 2.59. The van der Waals surface area contributed by atoms with Gasteiger partial charge in [-0.05, 0) is 40.9 Å². The van der Waals surface area contributed by atoms with Crippen LogP contribution in [-0.4, -0.2) is 40.4 Å². The molecule has 20 heavy (non-hydrogen) atoms. The molecule has 0 amide bonds. The molecule has 0 saturated carbocycles. The first kappa shape index (κ1) is 17.4. The topological polar surface area (TPSA) is 33.1 Å². The monoisotopic (exact) mass is 298 g/mol. The second kappa shape index (κ2) is 6.85. The van der Waals surface area contributed by atoms with E-state index in [-0.39, 0.29) is 5.54 Å². The van der Waals surface area contributed by atoms with Gasteiger partial charge >= 0.3 is 0 Å². The molecule has 0 aliphatic rings. The van der Waals surface area contributed by atoms with Crippen LogP contribution in [0.25, 0.3) is 0 Å². The Labute approximate surface area is 128 Å². The Balaban J connectivity index is 3.00. The van der Waals surface area contributed by atoms with E-state index in [0.29, 0.717) is 6.04 Å². The summed E-state index contributed by atoms with van der Waals surface area (Å²) in [6, 6.07) is 0.494. The highest BCUT2D eigenvalue weighted by Crippen LogP contribution is 2.25. The lowest BCUT2D eigenvalue weighted by Gasteiger charge is -2.28. The van der Waals surface area contributed by atoms with Crippen molar-refractivity contribution in [3.05, 3.63) is 11.3 Å². The van der Waals surface area contributed by atoms with Crippen LogP contribution in [0.2, 0.25) is 0 Å². The summed E-state index contributed by atoms with van der Waals surface area (Å²) in [7, 11) is 4.20. The lowest BCUT2D eigenvalue weighted by atomic mass is 10.1. The zero-order chi connectivity index (χ0) is 15.5. The number of nitrogens with zero attached hydrogens (tertiary/aromatic N) is 3. The second-order valence-electron chi connectivity index (χ2n) is 6.53. The van der Waals surface area contributed by atoms with E-state index in [2.05, 4.69) is 63.2 Å². The van der Waals surface area contributed by atoms with E-state index in [1.165, 1.54) is 11.4 Å². The molecule has 1 heterocycles. The zero-order valence-corrected chi connectivity index (χ0v) is 15.1.